The molecule has 0 atom stereocenters. The van der Waals surface area contributed by atoms with E-state index in [-0.39, 0.29) is 12.0 Å². The van der Waals surface area contributed by atoms with Crippen LogP contribution in [0.1, 0.15) is 30.4 Å². The minimum atomic E-state index is -0.222. The number of nitriles is 1. The van der Waals surface area contributed by atoms with E-state index < -0.39 is 0 Å². The Hall–Kier alpha value is -2.84. The van der Waals surface area contributed by atoms with E-state index in [1.165, 1.54) is 0 Å². The molecule has 26 heavy (non-hydrogen) atoms. The van der Waals surface area contributed by atoms with Gasteiger partial charge in [0.25, 0.3) is 0 Å². The number of hydrogen-bond donors (Lipinski definition) is 2. The molecule has 2 aromatic carbocycles. The molecule has 5 heteroatoms. The second kappa shape index (κ2) is 8.50. The number of nitrogens with zero attached hydrogens (tertiary/aromatic N) is 2. The molecule has 0 aliphatic carbocycles. The van der Waals surface area contributed by atoms with E-state index in [1.807, 2.05) is 36.4 Å². The molecule has 0 bridgehead atoms. The highest BCUT2D eigenvalue weighted by Gasteiger charge is 2.19. The van der Waals surface area contributed by atoms with Crippen molar-refractivity contribution in [2.24, 2.45) is 0 Å². The highest BCUT2D eigenvalue weighted by atomic mass is 16.3. The van der Waals surface area contributed by atoms with Crippen LogP contribution in [0.2, 0.25) is 0 Å². The Balaban J connectivity index is 1.59. The Labute approximate surface area is 153 Å². The Morgan fingerprint density at radius 1 is 1.15 bits per heavy atom. The molecular weight excluding hydrogens is 326 g/mol. The van der Waals surface area contributed by atoms with Crippen molar-refractivity contribution in [3.8, 4) is 6.07 Å². The lowest BCUT2D eigenvalue weighted by atomic mass is 10.1. The van der Waals surface area contributed by atoms with E-state index in [2.05, 4.69) is 16.3 Å². The number of aliphatic hydroxyl groups is 1. The van der Waals surface area contributed by atoms with Crippen LogP contribution >= 0.6 is 0 Å². The maximum atomic E-state index is 12.4. The van der Waals surface area contributed by atoms with Crippen LogP contribution in [0, 0.1) is 11.3 Å². The summed E-state index contributed by atoms with van der Waals surface area (Å²) >= 11 is 0. The first-order valence-electron chi connectivity index (χ1n) is 8.96. The molecule has 134 valence electrons. The van der Waals surface area contributed by atoms with Gasteiger partial charge in [0.15, 0.2) is 0 Å². The molecule has 5 nitrogen and oxygen atoms in total. The second-order valence-corrected chi connectivity index (χ2v) is 6.59. The van der Waals surface area contributed by atoms with Crippen LogP contribution in [-0.2, 0) is 11.2 Å². The number of aliphatic hydroxyl groups excluding tert-OH is 1. The number of piperidine rings is 1. The zero-order valence-corrected chi connectivity index (χ0v) is 14.7. The molecule has 2 aromatic rings. The van der Waals surface area contributed by atoms with E-state index >= 15 is 0 Å². The van der Waals surface area contributed by atoms with Gasteiger partial charge in [-0.3, -0.25) is 4.79 Å². The topological polar surface area (TPSA) is 76.4 Å². The minimum Gasteiger partial charge on any atom is -0.393 e. The number of benzene rings is 2. The van der Waals surface area contributed by atoms with Crippen molar-refractivity contribution in [2.75, 3.05) is 23.3 Å². The van der Waals surface area contributed by atoms with Gasteiger partial charge in [0.05, 0.1) is 29.1 Å². The van der Waals surface area contributed by atoms with E-state index in [0.29, 0.717) is 18.4 Å². The lowest BCUT2D eigenvalue weighted by Crippen LogP contribution is -2.36. The number of carbonyl (C=O) groups is 1. The number of amides is 1. The Morgan fingerprint density at radius 3 is 2.54 bits per heavy atom. The Morgan fingerprint density at radius 2 is 1.85 bits per heavy atom. The van der Waals surface area contributed by atoms with Gasteiger partial charge in [-0.15, -0.1) is 0 Å². The summed E-state index contributed by atoms with van der Waals surface area (Å²) in [7, 11) is 0. The first-order chi connectivity index (χ1) is 12.7. The highest BCUT2D eigenvalue weighted by molar-refractivity contribution is 5.94. The van der Waals surface area contributed by atoms with Crippen molar-refractivity contribution < 1.29 is 9.90 Å². The average molecular weight is 349 g/mol. The molecule has 1 aliphatic rings. The number of anilines is 2. The molecule has 0 aromatic heterocycles. The Bertz CT molecular complexity index is 788. The molecule has 1 aliphatic heterocycles. The number of rotatable bonds is 5. The van der Waals surface area contributed by atoms with E-state index in [4.69, 9.17) is 5.26 Å². The summed E-state index contributed by atoms with van der Waals surface area (Å²) in [6, 6.07) is 17.2. The van der Waals surface area contributed by atoms with Gasteiger partial charge < -0.3 is 15.3 Å². The maximum Gasteiger partial charge on any atom is 0.224 e. The Kier molecular flexibility index (Phi) is 5.88. The van der Waals surface area contributed by atoms with E-state index in [0.717, 1.165) is 42.9 Å². The molecule has 0 spiro atoms. The predicted molar refractivity (Wildman–Crippen MR) is 102 cm³/mol. The second-order valence-electron chi connectivity index (χ2n) is 6.59. The number of para-hydroxylation sites is 2. The molecule has 1 saturated heterocycles. The van der Waals surface area contributed by atoms with Gasteiger partial charge in [-0.25, -0.2) is 0 Å². The highest BCUT2D eigenvalue weighted by Crippen LogP contribution is 2.28. The standard InChI is InChI=1S/C21H23N3O2/c22-15-17-7-5-16(6-8-17)9-10-21(26)23-19-3-1-2-4-20(19)24-13-11-18(25)12-14-24/h1-8,18,25H,9-14H2,(H,23,26). The number of aryl methyl sites for hydroxylation is 1. The molecule has 1 fully saturated rings. The van der Waals surface area contributed by atoms with Crippen molar-refractivity contribution >= 4 is 17.3 Å². The van der Waals surface area contributed by atoms with Gasteiger partial charge in [0.1, 0.15) is 0 Å². The van der Waals surface area contributed by atoms with Crippen molar-refractivity contribution in [3.63, 3.8) is 0 Å². The zero-order valence-electron chi connectivity index (χ0n) is 14.7. The van der Waals surface area contributed by atoms with Crippen LogP contribution in [0.15, 0.2) is 48.5 Å². The largest absolute Gasteiger partial charge is 0.393 e. The summed E-state index contributed by atoms with van der Waals surface area (Å²) in [6.07, 6.45) is 2.30. The quantitative estimate of drug-likeness (QED) is 0.870. The monoisotopic (exact) mass is 349 g/mol. The first-order valence-corrected chi connectivity index (χ1v) is 8.96. The van der Waals surface area contributed by atoms with Gasteiger partial charge >= 0.3 is 0 Å². The van der Waals surface area contributed by atoms with Gasteiger partial charge in [0.2, 0.25) is 5.91 Å². The molecule has 0 unspecified atom stereocenters. The molecule has 0 saturated carbocycles. The molecule has 2 N–H and O–H groups in total. The molecule has 0 radical (unpaired) electrons. The normalized spacial score (nSPS) is 14.7. The van der Waals surface area contributed by atoms with Crippen molar-refractivity contribution in [3.05, 3.63) is 59.7 Å². The van der Waals surface area contributed by atoms with Crippen molar-refractivity contribution in [1.29, 1.82) is 5.26 Å². The fourth-order valence-electron chi connectivity index (χ4n) is 3.18. The lowest BCUT2D eigenvalue weighted by molar-refractivity contribution is -0.116. The van der Waals surface area contributed by atoms with Crippen molar-refractivity contribution in [1.82, 2.24) is 0 Å². The summed E-state index contributed by atoms with van der Waals surface area (Å²) in [6.45, 7) is 1.58. The number of hydrogen-bond acceptors (Lipinski definition) is 4. The predicted octanol–water partition coefficient (Wildman–Crippen LogP) is 3.09. The third kappa shape index (κ3) is 4.62. The third-order valence-electron chi connectivity index (χ3n) is 4.71. The summed E-state index contributed by atoms with van der Waals surface area (Å²) < 4.78 is 0. The average Bonchev–Trinajstić information content (AvgIpc) is 2.68. The zero-order chi connectivity index (χ0) is 18.4. The van der Waals surface area contributed by atoms with E-state index in [1.54, 1.807) is 12.1 Å². The van der Waals surface area contributed by atoms with Crippen LogP contribution in [0.4, 0.5) is 11.4 Å². The van der Waals surface area contributed by atoms with Gasteiger partial charge in [-0.1, -0.05) is 24.3 Å². The number of carbonyl (C=O) groups excluding carboxylic acids is 1. The molecule has 1 heterocycles. The fourth-order valence-corrected chi connectivity index (χ4v) is 3.18. The maximum absolute atomic E-state index is 12.4. The molecular formula is C21H23N3O2. The first kappa shape index (κ1) is 18.0. The third-order valence-corrected chi connectivity index (χ3v) is 4.71. The molecule has 3 rings (SSSR count). The summed E-state index contributed by atoms with van der Waals surface area (Å²) in [5.41, 5.74) is 3.48. The van der Waals surface area contributed by atoms with Crippen LogP contribution in [0.25, 0.3) is 0 Å². The lowest BCUT2D eigenvalue weighted by Gasteiger charge is -2.32. The summed E-state index contributed by atoms with van der Waals surface area (Å²) in [4.78, 5) is 14.6. The minimum absolute atomic E-state index is 0.0288. The van der Waals surface area contributed by atoms with Gasteiger partial charge in [-0.05, 0) is 49.1 Å². The van der Waals surface area contributed by atoms with Crippen molar-refractivity contribution in [2.45, 2.75) is 31.8 Å². The van der Waals surface area contributed by atoms with Gasteiger partial charge in [-0.2, -0.15) is 5.26 Å². The number of nitrogens with one attached hydrogen (secondary N) is 1. The van der Waals surface area contributed by atoms with Crippen LogP contribution in [0.5, 0.6) is 0 Å². The van der Waals surface area contributed by atoms with Gasteiger partial charge in [0, 0.05) is 19.5 Å². The molecule has 1 amide bonds. The van der Waals surface area contributed by atoms with Crippen LogP contribution in [0.3, 0.4) is 0 Å². The summed E-state index contributed by atoms with van der Waals surface area (Å²) in [5, 5.41) is 21.5. The van der Waals surface area contributed by atoms with Crippen LogP contribution < -0.4 is 10.2 Å². The summed E-state index contributed by atoms with van der Waals surface area (Å²) in [5.74, 6) is -0.0288. The fraction of sp³-hybridized carbons (Fsp3) is 0.333. The van der Waals surface area contributed by atoms with Crippen LogP contribution in [-0.4, -0.2) is 30.2 Å². The smallest absolute Gasteiger partial charge is 0.224 e. The SMILES string of the molecule is N#Cc1ccc(CCC(=O)Nc2ccccc2N2CCC(O)CC2)cc1. The van der Waals surface area contributed by atoms with E-state index in [9.17, 15) is 9.90 Å².